The zero-order valence-electron chi connectivity index (χ0n) is 14.9. The zero-order chi connectivity index (χ0) is 17.7. The standard InChI is InChI=1S/C24H21NO/c1-15-7-2-4-9-17(15)24-23-19(11-6-12-21(23)26)22-18-10-5-3-8-16(18)13-14-20(22)25-24/h2-5,7-10,13-14,24-25H,6,11-12H2,1H3/t24-/m1/s1. The van der Waals surface area contributed by atoms with Crippen LogP contribution in [0.5, 0.6) is 0 Å². The van der Waals surface area contributed by atoms with E-state index in [2.05, 4.69) is 72.9 Å². The first kappa shape index (κ1) is 15.4. The second kappa shape index (κ2) is 5.84. The number of benzene rings is 3. The van der Waals surface area contributed by atoms with Crippen molar-refractivity contribution in [1.82, 2.24) is 0 Å². The highest BCUT2D eigenvalue weighted by Crippen LogP contribution is 2.48. The van der Waals surface area contributed by atoms with Gasteiger partial charge in [0.15, 0.2) is 5.78 Å². The fourth-order valence-corrected chi connectivity index (χ4v) is 4.55. The quantitative estimate of drug-likeness (QED) is 0.605. The fourth-order valence-electron chi connectivity index (χ4n) is 4.55. The molecule has 0 bridgehead atoms. The molecule has 2 aliphatic rings. The first-order valence-corrected chi connectivity index (χ1v) is 9.34. The molecule has 2 nitrogen and oxygen atoms in total. The molecule has 5 rings (SSSR count). The molecule has 1 aliphatic carbocycles. The van der Waals surface area contributed by atoms with Crippen LogP contribution in [0.25, 0.3) is 16.3 Å². The molecule has 0 saturated heterocycles. The van der Waals surface area contributed by atoms with Crippen molar-refractivity contribution in [2.24, 2.45) is 0 Å². The lowest BCUT2D eigenvalue weighted by Gasteiger charge is -2.35. The van der Waals surface area contributed by atoms with Crippen LogP contribution in [0.2, 0.25) is 0 Å². The summed E-state index contributed by atoms with van der Waals surface area (Å²) >= 11 is 0. The molecule has 0 aromatic heterocycles. The Balaban J connectivity index is 1.81. The number of carbonyl (C=O) groups excluding carboxylic acids is 1. The lowest BCUT2D eigenvalue weighted by molar-refractivity contribution is -0.116. The minimum atomic E-state index is -0.0485. The lowest BCUT2D eigenvalue weighted by Crippen LogP contribution is -2.27. The van der Waals surface area contributed by atoms with Crippen LogP contribution in [0, 0.1) is 6.92 Å². The number of hydrogen-bond acceptors (Lipinski definition) is 2. The second-order valence-electron chi connectivity index (χ2n) is 7.31. The van der Waals surface area contributed by atoms with Crippen LogP contribution in [0.3, 0.4) is 0 Å². The Morgan fingerprint density at radius 3 is 2.62 bits per heavy atom. The lowest BCUT2D eigenvalue weighted by atomic mass is 9.76. The van der Waals surface area contributed by atoms with Crippen molar-refractivity contribution in [3.8, 4) is 0 Å². The maximum atomic E-state index is 13.0. The van der Waals surface area contributed by atoms with Crippen molar-refractivity contribution in [2.45, 2.75) is 32.2 Å². The number of fused-ring (bicyclic) bond motifs is 4. The van der Waals surface area contributed by atoms with Gasteiger partial charge in [0.25, 0.3) is 0 Å². The SMILES string of the molecule is Cc1ccccc1[C@H]1Nc2ccc3ccccc3c2C2=C1C(=O)CCC2. The summed E-state index contributed by atoms with van der Waals surface area (Å²) in [5.41, 5.74) is 7.03. The highest BCUT2D eigenvalue weighted by atomic mass is 16.1. The summed E-state index contributed by atoms with van der Waals surface area (Å²) in [6.45, 7) is 2.13. The molecule has 1 aliphatic heterocycles. The Hall–Kier alpha value is -2.87. The van der Waals surface area contributed by atoms with Crippen molar-refractivity contribution in [2.75, 3.05) is 5.32 Å². The molecule has 1 heterocycles. The molecule has 0 spiro atoms. The number of rotatable bonds is 1. The van der Waals surface area contributed by atoms with E-state index in [0.29, 0.717) is 12.2 Å². The highest BCUT2D eigenvalue weighted by Gasteiger charge is 2.35. The van der Waals surface area contributed by atoms with Crippen LogP contribution in [-0.2, 0) is 4.79 Å². The van der Waals surface area contributed by atoms with E-state index >= 15 is 0 Å². The average Bonchev–Trinajstić information content (AvgIpc) is 2.67. The molecular formula is C24H21NO. The van der Waals surface area contributed by atoms with Gasteiger partial charge in [0.1, 0.15) is 0 Å². The summed E-state index contributed by atoms with van der Waals surface area (Å²) in [4.78, 5) is 13.0. The van der Waals surface area contributed by atoms with Gasteiger partial charge in [-0.1, -0.05) is 54.6 Å². The van der Waals surface area contributed by atoms with Crippen molar-refractivity contribution in [3.05, 3.63) is 82.9 Å². The van der Waals surface area contributed by atoms with Gasteiger partial charge in [-0.3, -0.25) is 4.79 Å². The minimum Gasteiger partial charge on any atom is -0.373 e. The third-order valence-electron chi connectivity index (χ3n) is 5.77. The number of allylic oxidation sites excluding steroid dienone is 1. The van der Waals surface area contributed by atoms with Crippen molar-refractivity contribution in [1.29, 1.82) is 0 Å². The first-order chi connectivity index (χ1) is 12.7. The van der Waals surface area contributed by atoms with Gasteiger partial charge in [0, 0.05) is 23.2 Å². The van der Waals surface area contributed by atoms with Gasteiger partial charge in [0.05, 0.1) is 6.04 Å². The Morgan fingerprint density at radius 2 is 1.73 bits per heavy atom. The molecule has 0 radical (unpaired) electrons. The van der Waals surface area contributed by atoms with Crippen molar-refractivity contribution < 1.29 is 4.79 Å². The summed E-state index contributed by atoms with van der Waals surface area (Å²) in [5, 5.41) is 6.16. The van der Waals surface area contributed by atoms with Gasteiger partial charge >= 0.3 is 0 Å². The van der Waals surface area contributed by atoms with Gasteiger partial charge in [-0.15, -0.1) is 0 Å². The Labute approximate surface area is 153 Å². The van der Waals surface area contributed by atoms with Gasteiger partial charge < -0.3 is 5.32 Å². The summed E-state index contributed by atoms with van der Waals surface area (Å²) in [6.07, 6.45) is 2.58. The highest BCUT2D eigenvalue weighted by molar-refractivity contribution is 6.12. The summed E-state index contributed by atoms with van der Waals surface area (Å²) in [5.74, 6) is 0.297. The van der Waals surface area contributed by atoms with E-state index in [1.807, 2.05) is 0 Å². The summed E-state index contributed by atoms with van der Waals surface area (Å²) < 4.78 is 0. The van der Waals surface area contributed by atoms with Crippen LogP contribution >= 0.6 is 0 Å². The third kappa shape index (κ3) is 2.22. The molecule has 3 aromatic carbocycles. The summed E-state index contributed by atoms with van der Waals surface area (Å²) in [6, 6.07) is 21.2. The Bertz CT molecular complexity index is 1080. The maximum Gasteiger partial charge on any atom is 0.161 e. The monoisotopic (exact) mass is 339 g/mol. The van der Waals surface area contributed by atoms with Crippen LogP contribution < -0.4 is 5.32 Å². The Kier molecular flexibility index (Phi) is 3.46. The largest absolute Gasteiger partial charge is 0.373 e. The molecule has 3 aromatic rings. The van der Waals surface area contributed by atoms with Gasteiger partial charge in [-0.2, -0.15) is 0 Å². The average molecular weight is 339 g/mol. The zero-order valence-corrected chi connectivity index (χ0v) is 14.9. The molecular weight excluding hydrogens is 318 g/mol. The normalized spacial score (nSPS) is 19.1. The molecule has 26 heavy (non-hydrogen) atoms. The molecule has 2 heteroatoms. The number of ketones is 1. The molecule has 0 unspecified atom stereocenters. The third-order valence-corrected chi connectivity index (χ3v) is 5.77. The maximum absolute atomic E-state index is 13.0. The number of hydrogen-bond donors (Lipinski definition) is 1. The van der Waals surface area contributed by atoms with E-state index in [4.69, 9.17) is 0 Å². The van der Waals surface area contributed by atoms with Gasteiger partial charge in [-0.25, -0.2) is 0 Å². The van der Waals surface area contributed by atoms with E-state index in [9.17, 15) is 4.79 Å². The van der Waals surface area contributed by atoms with E-state index in [-0.39, 0.29) is 6.04 Å². The van der Waals surface area contributed by atoms with Crippen molar-refractivity contribution in [3.63, 3.8) is 0 Å². The minimum absolute atomic E-state index is 0.0485. The van der Waals surface area contributed by atoms with E-state index in [1.54, 1.807) is 0 Å². The Morgan fingerprint density at radius 1 is 0.923 bits per heavy atom. The molecule has 1 N–H and O–H groups in total. The first-order valence-electron chi connectivity index (χ1n) is 9.34. The topological polar surface area (TPSA) is 29.1 Å². The molecule has 0 fully saturated rings. The van der Waals surface area contributed by atoms with Crippen LogP contribution in [0.15, 0.2) is 66.2 Å². The van der Waals surface area contributed by atoms with Crippen molar-refractivity contribution >= 4 is 27.8 Å². The predicted molar refractivity (Wildman–Crippen MR) is 107 cm³/mol. The molecule has 0 saturated carbocycles. The number of anilines is 1. The van der Waals surface area contributed by atoms with E-state index in [0.717, 1.165) is 24.1 Å². The smallest absolute Gasteiger partial charge is 0.161 e. The van der Waals surface area contributed by atoms with Gasteiger partial charge in [-0.05, 0) is 53.3 Å². The number of Topliss-reactive ketones (excluding diaryl/α,β-unsaturated/α-hetero) is 1. The van der Waals surface area contributed by atoms with E-state index < -0.39 is 0 Å². The van der Waals surface area contributed by atoms with E-state index in [1.165, 1.54) is 33.0 Å². The molecule has 1 atom stereocenters. The van der Waals surface area contributed by atoms with Crippen LogP contribution in [0.1, 0.15) is 42.0 Å². The second-order valence-corrected chi connectivity index (χ2v) is 7.31. The molecule has 0 amide bonds. The number of nitrogens with one attached hydrogen (secondary N) is 1. The summed E-state index contributed by atoms with van der Waals surface area (Å²) in [7, 11) is 0. The number of aryl methyl sites for hydroxylation is 1. The molecule has 128 valence electrons. The van der Waals surface area contributed by atoms with Gasteiger partial charge in [0.2, 0.25) is 0 Å². The van der Waals surface area contributed by atoms with Crippen LogP contribution in [0.4, 0.5) is 5.69 Å². The van der Waals surface area contributed by atoms with Crippen LogP contribution in [-0.4, -0.2) is 5.78 Å². The predicted octanol–water partition coefficient (Wildman–Crippen LogP) is 5.82. The fraction of sp³-hybridized carbons (Fsp3) is 0.208. The number of carbonyl (C=O) groups is 1.